The minimum absolute atomic E-state index is 0.526. The molecule has 0 aliphatic carbocycles. The molecule has 0 aromatic carbocycles. The van der Waals surface area contributed by atoms with E-state index in [9.17, 15) is 4.57 Å². The molecule has 13 heavy (non-hydrogen) atoms. The molecule has 0 saturated heterocycles. The van der Waals surface area contributed by atoms with E-state index in [-0.39, 0.29) is 0 Å². The van der Waals surface area contributed by atoms with Crippen molar-refractivity contribution in [3.63, 3.8) is 0 Å². The zero-order valence-corrected chi connectivity index (χ0v) is 10.2. The van der Waals surface area contributed by atoms with Gasteiger partial charge in [0.05, 0.1) is 6.61 Å². The minimum Gasteiger partial charge on any atom is -0.310 e. The molecule has 0 bridgehead atoms. The first-order valence-corrected chi connectivity index (χ1v) is 8.08. The van der Waals surface area contributed by atoms with E-state index in [4.69, 9.17) is 10.0 Å². The van der Waals surface area contributed by atoms with E-state index in [1.54, 1.807) is 0 Å². The smallest absolute Gasteiger partial charge is 0.310 e. The van der Waals surface area contributed by atoms with Crippen LogP contribution in [0.2, 0.25) is 0 Å². The van der Waals surface area contributed by atoms with Gasteiger partial charge in [0.2, 0.25) is 0 Å². The third kappa shape index (κ3) is 8.82. The molecule has 0 aliphatic heterocycles. The van der Waals surface area contributed by atoms with Gasteiger partial charge in [0.15, 0.2) is 0 Å². The van der Waals surface area contributed by atoms with Crippen molar-refractivity contribution in [2.24, 2.45) is 5.50 Å². The third-order valence-electron chi connectivity index (χ3n) is 1.49. The molecule has 3 nitrogen and oxygen atoms in total. The SMILES string of the molecule is CCCCCOP(N)(=O)SCCC. The fourth-order valence-electron chi connectivity index (χ4n) is 0.800. The van der Waals surface area contributed by atoms with Gasteiger partial charge >= 0.3 is 6.72 Å². The summed E-state index contributed by atoms with van der Waals surface area (Å²) >= 11 is 1.25. The Morgan fingerprint density at radius 2 is 2.00 bits per heavy atom. The summed E-state index contributed by atoms with van der Waals surface area (Å²) in [6, 6.07) is 0. The van der Waals surface area contributed by atoms with E-state index < -0.39 is 6.72 Å². The normalized spacial score (nSPS) is 15.6. The summed E-state index contributed by atoms with van der Waals surface area (Å²) in [5.74, 6) is 0.807. The summed E-state index contributed by atoms with van der Waals surface area (Å²) in [6.45, 7) is 1.84. The van der Waals surface area contributed by atoms with Gasteiger partial charge in [0.25, 0.3) is 0 Å². The van der Waals surface area contributed by atoms with Crippen LogP contribution in [0.25, 0.3) is 0 Å². The Bertz CT molecular complexity index is 166. The zero-order chi connectivity index (χ0) is 10.2. The summed E-state index contributed by atoms with van der Waals surface area (Å²) in [5.41, 5.74) is 5.48. The fraction of sp³-hybridized carbons (Fsp3) is 1.00. The molecule has 0 saturated carbocycles. The number of rotatable bonds is 8. The lowest BCUT2D eigenvalue weighted by molar-refractivity contribution is 0.314. The molecule has 0 amide bonds. The Morgan fingerprint density at radius 1 is 1.31 bits per heavy atom. The van der Waals surface area contributed by atoms with Crippen LogP contribution in [0.1, 0.15) is 39.5 Å². The summed E-state index contributed by atoms with van der Waals surface area (Å²) in [6.07, 6.45) is 4.17. The Morgan fingerprint density at radius 3 is 2.54 bits per heavy atom. The average Bonchev–Trinajstić information content (AvgIpc) is 2.09. The van der Waals surface area contributed by atoms with Crippen LogP contribution < -0.4 is 5.50 Å². The lowest BCUT2D eigenvalue weighted by atomic mass is 10.3. The highest BCUT2D eigenvalue weighted by Crippen LogP contribution is 2.52. The van der Waals surface area contributed by atoms with Gasteiger partial charge in [-0.05, 0) is 12.8 Å². The predicted octanol–water partition coefficient (Wildman–Crippen LogP) is 3.40. The molecule has 0 heterocycles. The first-order valence-electron chi connectivity index (χ1n) is 4.80. The molecule has 0 radical (unpaired) electrons. The van der Waals surface area contributed by atoms with Crippen LogP contribution in [0.5, 0.6) is 0 Å². The molecule has 0 aromatic rings. The minimum atomic E-state index is -2.83. The van der Waals surface area contributed by atoms with Gasteiger partial charge in [-0.3, -0.25) is 10.1 Å². The topological polar surface area (TPSA) is 52.3 Å². The van der Waals surface area contributed by atoms with E-state index in [2.05, 4.69) is 6.92 Å². The molecule has 0 aromatic heterocycles. The van der Waals surface area contributed by atoms with Gasteiger partial charge in [-0.15, -0.1) is 0 Å². The fourth-order valence-corrected chi connectivity index (χ4v) is 3.45. The highest BCUT2D eigenvalue weighted by Gasteiger charge is 2.15. The monoisotopic (exact) mass is 225 g/mol. The molecule has 0 fully saturated rings. The van der Waals surface area contributed by atoms with Crippen molar-refractivity contribution >= 4 is 18.1 Å². The van der Waals surface area contributed by atoms with E-state index in [0.717, 1.165) is 31.4 Å². The number of nitrogens with two attached hydrogens (primary N) is 1. The Kier molecular flexibility index (Phi) is 8.17. The van der Waals surface area contributed by atoms with E-state index in [0.29, 0.717) is 6.61 Å². The predicted molar refractivity (Wildman–Crippen MR) is 60.0 cm³/mol. The maximum Gasteiger partial charge on any atom is 0.323 e. The molecule has 0 rings (SSSR count). The van der Waals surface area contributed by atoms with Crippen LogP contribution in [0, 0.1) is 0 Å². The first kappa shape index (κ1) is 13.5. The Balaban J connectivity index is 3.45. The lowest BCUT2D eigenvalue weighted by Crippen LogP contribution is -1.99. The highest BCUT2D eigenvalue weighted by molar-refractivity contribution is 8.55. The summed E-state index contributed by atoms with van der Waals surface area (Å²) in [5, 5.41) is 0. The van der Waals surface area contributed by atoms with Crippen molar-refractivity contribution in [3.05, 3.63) is 0 Å². The van der Waals surface area contributed by atoms with Gasteiger partial charge in [-0.2, -0.15) is 0 Å². The maximum atomic E-state index is 11.5. The van der Waals surface area contributed by atoms with Gasteiger partial charge in [0.1, 0.15) is 0 Å². The summed E-state index contributed by atoms with van der Waals surface area (Å²) in [7, 11) is 0. The van der Waals surface area contributed by atoms with Crippen molar-refractivity contribution in [2.75, 3.05) is 12.4 Å². The van der Waals surface area contributed by atoms with Crippen molar-refractivity contribution in [1.29, 1.82) is 0 Å². The quantitative estimate of drug-likeness (QED) is 0.508. The molecular weight excluding hydrogens is 205 g/mol. The van der Waals surface area contributed by atoms with Crippen molar-refractivity contribution in [1.82, 2.24) is 0 Å². The average molecular weight is 225 g/mol. The number of hydrogen-bond donors (Lipinski definition) is 1. The molecular formula is C8H20NO2PS. The van der Waals surface area contributed by atoms with Gasteiger partial charge in [0, 0.05) is 5.75 Å². The summed E-state index contributed by atoms with van der Waals surface area (Å²) in [4.78, 5) is 0. The van der Waals surface area contributed by atoms with Crippen LogP contribution in [0.3, 0.4) is 0 Å². The first-order chi connectivity index (χ1) is 6.12. The molecule has 1 atom stereocenters. The van der Waals surface area contributed by atoms with Crippen LogP contribution in [-0.2, 0) is 9.09 Å². The van der Waals surface area contributed by atoms with Gasteiger partial charge < -0.3 is 4.52 Å². The van der Waals surface area contributed by atoms with Gasteiger partial charge in [-0.1, -0.05) is 38.1 Å². The second-order valence-electron chi connectivity index (χ2n) is 2.91. The lowest BCUT2D eigenvalue weighted by Gasteiger charge is -2.11. The molecule has 5 heteroatoms. The van der Waals surface area contributed by atoms with Crippen LogP contribution >= 0.6 is 18.1 Å². The van der Waals surface area contributed by atoms with Crippen LogP contribution in [0.4, 0.5) is 0 Å². The summed E-state index contributed by atoms with van der Waals surface area (Å²) < 4.78 is 16.6. The molecule has 1 unspecified atom stereocenters. The van der Waals surface area contributed by atoms with E-state index in [1.165, 1.54) is 11.4 Å². The number of hydrogen-bond acceptors (Lipinski definition) is 3. The Labute approximate surface area is 85.1 Å². The zero-order valence-electron chi connectivity index (χ0n) is 8.49. The van der Waals surface area contributed by atoms with Crippen molar-refractivity contribution < 1.29 is 9.09 Å². The molecule has 0 spiro atoms. The van der Waals surface area contributed by atoms with Gasteiger partial charge in [-0.25, -0.2) is 0 Å². The molecule has 0 aliphatic rings. The molecule has 2 N–H and O–H groups in total. The largest absolute Gasteiger partial charge is 0.323 e. The second kappa shape index (κ2) is 7.86. The molecule has 80 valence electrons. The van der Waals surface area contributed by atoms with Crippen LogP contribution in [0.15, 0.2) is 0 Å². The van der Waals surface area contributed by atoms with Crippen molar-refractivity contribution in [2.45, 2.75) is 39.5 Å². The van der Waals surface area contributed by atoms with Crippen molar-refractivity contribution in [3.8, 4) is 0 Å². The van der Waals surface area contributed by atoms with Crippen LogP contribution in [-0.4, -0.2) is 12.4 Å². The third-order valence-corrected chi connectivity index (χ3v) is 4.93. The second-order valence-corrected chi connectivity index (χ2v) is 7.22. The maximum absolute atomic E-state index is 11.5. The number of unbranched alkanes of at least 4 members (excludes halogenated alkanes) is 2. The highest BCUT2D eigenvalue weighted by atomic mass is 32.7. The standard InChI is InChI=1S/C8H20NO2PS/c1-3-5-6-7-11-12(9,10)13-8-4-2/h3-8H2,1-2H3,(H2,9,10). The van der Waals surface area contributed by atoms with E-state index >= 15 is 0 Å². The Hall–Kier alpha value is 0.500. The van der Waals surface area contributed by atoms with E-state index in [1.807, 2.05) is 6.92 Å².